The summed E-state index contributed by atoms with van der Waals surface area (Å²) in [5.74, 6) is -0.519. The summed E-state index contributed by atoms with van der Waals surface area (Å²) in [5.41, 5.74) is -0.565. The lowest BCUT2D eigenvalue weighted by atomic mass is 10.2. The van der Waals surface area contributed by atoms with Crippen molar-refractivity contribution in [2.45, 2.75) is 26.4 Å². The van der Waals surface area contributed by atoms with Crippen molar-refractivity contribution < 1.29 is 14.3 Å². The third kappa shape index (κ3) is 5.83. The third-order valence-corrected chi connectivity index (χ3v) is 4.58. The largest absolute Gasteiger partial charge is 0.459 e. The Morgan fingerprint density at radius 3 is 2.40 bits per heavy atom. The monoisotopic (exact) mass is 362 g/mol. The van der Waals surface area contributed by atoms with Crippen LogP contribution in [-0.4, -0.2) is 61.0 Å². The van der Waals surface area contributed by atoms with Crippen molar-refractivity contribution in [2.24, 2.45) is 0 Å². The second kappa shape index (κ2) is 7.97. The Morgan fingerprint density at radius 2 is 1.80 bits per heavy atom. The Morgan fingerprint density at radius 1 is 1.12 bits per heavy atom. The van der Waals surface area contributed by atoms with Crippen LogP contribution in [0.4, 0.5) is 0 Å². The van der Waals surface area contributed by atoms with Gasteiger partial charge in [-0.25, -0.2) is 0 Å². The maximum Gasteiger partial charge on any atom is 0.326 e. The molecule has 0 spiro atoms. The van der Waals surface area contributed by atoms with Crippen LogP contribution in [-0.2, 0) is 9.53 Å². The Bertz CT molecular complexity index is 713. The Balaban J connectivity index is 2.18. The van der Waals surface area contributed by atoms with Crippen molar-refractivity contribution in [1.29, 1.82) is 0 Å². The van der Waals surface area contributed by atoms with Crippen LogP contribution in [0.1, 0.15) is 30.4 Å². The normalized spacial score (nSPS) is 11.8. The molecule has 0 radical (unpaired) electrons. The first kappa shape index (κ1) is 19.4. The average Bonchev–Trinajstić information content (AvgIpc) is 2.92. The fourth-order valence-electron chi connectivity index (χ4n) is 2.35. The molecule has 0 aliphatic carbocycles. The predicted molar refractivity (Wildman–Crippen MR) is 102 cm³/mol. The fourth-order valence-corrected chi connectivity index (χ4v) is 3.38. The summed E-state index contributed by atoms with van der Waals surface area (Å²) in [6.07, 6.45) is 0. The number of benzene rings is 1. The van der Waals surface area contributed by atoms with Gasteiger partial charge in [0, 0.05) is 17.8 Å². The van der Waals surface area contributed by atoms with Crippen molar-refractivity contribution in [3.05, 3.63) is 35.2 Å². The maximum absolute atomic E-state index is 12.9. The second-order valence-electron chi connectivity index (χ2n) is 7.26. The van der Waals surface area contributed by atoms with E-state index in [1.807, 2.05) is 70.1 Å². The van der Waals surface area contributed by atoms with Gasteiger partial charge in [-0.1, -0.05) is 18.2 Å². The molecule has 0 bridgehead atoms. The molecule has 0 aliphatic heterocycles. The van der Waals surface area contributed by atoms with Crippen molar-refractivity contribution in [3.63, 3.8) is 0 Å². The predicted octanol–water partition coefficient (Wildman–Crippen LogP) is 3.25. The van der Waals surface area contributed by atoms with Gasteiger partial charge in [0.2, 0.25) is 0 Å². The highest BCUT2D eigenvalue weighted by Gasteiger charge is 2.24. The smallest absolute Gasteiger partial charge is 0.326 e. The van der Waals surface area contributed by atoms with E-state index in [-0.39, 0.29) is 18.4 Å². The number of rotatable bonds is 6. The fraction of sp³-hybridized carbons (Fsp3) is 0.474. The number of ether oxygens (including phenoxy) is 1. The number of nitrogens with zero attached hydrogens (tertiary/aromatic N) is 2. The molecule has 2 rings (SSSR count). The SMILES string of the molecule is CN(C)CCN(CC(=O)OC(C)(C)C)C(=O)c1cc2ccccc2s1. The van der Waals surface area contributed by atoms with Gasteiger partial charge in [-0.15, -0.1) is 11.3 Å². The van der Waals surface area contributed by atoms with Crippen LogP contribution in [0, 0.1) is 0 Å². The lowest BCUT2D eigenvalue weighted by Gasteiger charge is -2.26. The first-order valence-electron chi connectivity index (χ1n) is 8.30. The number of carbonyl (C=O) groups is 2. The molecular weight excluding hydrogens is 336 g/mol. The molecular formula is C19H26N2O3S. The van der Waals surface area contributed by atoms with Gasteiger partial charge in [-0.3, -0.25) is 9.59 Å². The zero-order chi connectivity index (χ0) is 18.6. The summed E-state index contributed by atoms with van der Waals surface area (Å²) in [6, 6.07) is 9.78. The Hall–Kier alpha value is -1.92. The molecule has 1 aromatic heterocycles. The maximum atomic E-state index is 12.9. The van der Waals surface area contributed by atoms with Crippen molar-refractivity contribution >= 4 is 33.3 Å². The molecule has 1 heterocycles. The lowest BCUT2D eigenvalue weighted by molar-refractivity contribution is -0.155. The molecule has 136 valence electrons. The van der Waals surface area contributed by atoms with Crippen LogP contribution >= 0.6 is 11.3 Å². The molecule has 25 heavy (non-hydrogen) atoms. The van der Waals surface area contributed by atoms with Crippen LogP contribution in [0.5, 0.6) is 0 Å². The molecule has 1 amide bonds. The summed E-state index contributed by atoms with van der Waals surface area (Å²) in [6.45, 7) is 6.57. The molecule has 5 nitrogen and oxygen atoms in total. The van der Waals surface area contributed by atoms with Crippen molar-refractivity contribution in [2.75, 3.05) is 33.7 Å². The average molecular weight is 362 g/mol. The summed E-state index contributed by atoms with van der Waals surface area (Å²) in [4.78, 5) is 29.3. The van der Waals surface area contributed by atoms with E-state index < -0.39 is 5.60 Å². The van der Waals surface area contributed by atoms with Gasteiger partial charge in [-0.2, -0.15) is 0 Å². The van der Waals surface area contributed by atoms with E-state index in [1.165, 1.54) is 11.3 Å². The quantitative estimate of drug-likeness (QED) is 0.740. The van der Waals surface area contributed by atoms with Crippen molar-refractivity contribution in [3.8, 4) is 0 Å². The number of esters is 1. The number of hydrogen-bond acceptors (Lipinski definition) is 5. The first-order valence-corrected chi connectivity index (χ1v) is 9.12. The number of thiophene rings is 1. The summed E-state index contributed by atoms with van der Waals surface area (Å²) >= 11 is 1.45. The number of amides is 1. The van der Waals surface area contributed by atoms with Crippen molar-refractivity contribution in [1.82, 2.24) is 9.80 Å². The van der Waals surface area contributed by atoms with Crippen LogP contribution < -0.4 is 0 Å². The zero-order valence-corrected chi connectivity index (χ0v) is 16.4. The van der Waals surface area contributed by atoms with E-state index in [1.54, 1.807) is 4.90 Å². The highest BCUT2D eigenvalue weighted by molar-refractivity contribution is 7.20. The van der Waals surface area contributed by atoms with E-state index in [2.05, 4.69) is 0 Å². The molecule has 0 saturated carbocycles. The minimum absolute atomic E-state index is 0.0435. The minimum Gasteiger partial charge on any atom is -0.459 e. The summed E-state index contributed by atoms with van der Waals surface area (Å²) in [5, 5.41) is 1.04. The third-order valence-electron chi connectivity index (χ3n) is 3.48. The number of likely N-dealkylation sites (N-methyl/N-ethyl adjacent to an activating group) is 1. The van der Waals surface area contributed by atoms with Crippen LogP contribution in [0.3, 0.4) is 0 Å². The highest BCUT2D eigenvalue weighted by atomic mass is 32.1. The van der Waals surface area contributed by atoms with Gasteiger partial charge in [0.05, 0.1) is 4.88 Å². The molecule has 0 fully saturated rings. The topological polar surface area (TPSA) is 49.9 Å². The summed E-state index contributed by atoms with van der Waals surface area (Å²) in [7, 11) is 3.88. The minimum atomic E-state index is -0.565. The second-order valence-corrected chi connectivity index (χ2v) is 8.35. The van der Waals surface area contributed by atoms with E-state index in [4.69, 9.17) is 4.74 Å². The van der Waals surface area contributed by atoms with Gasteiger partial charge < -0.3 is 14.5 Å². The number of carbonyl (C=O) groups excluding carboxylic acids is 2. The Kier molecular flexibility index (Phi) is 6.19. The molecule has 0 saturated heterocycles. The van der Waals surface area contributed by atoms with Gasteiger partial charge in [0.25, 0.3) is 5.91 Å². The molecule has 0 atom stereocenters. The van der Waals surface area contributed by atoms with E-state index in [0.717, 1.165) is 10.1 Å². The standard InChI is InChI=1S/C19H26N2O3S/c1-19(2,3)24-17(22)13-21(11-10-20(4)5)18(23)16-12-14-8-6-7-9-15(14)25-16/h6-9,12H,10-11,13H2,1-5H3. The van der Waals surface area contributed by atoms with E-state index in [0.29, 0.717) is 18.0 Å². The summed E-state index contributed by atoms with van der Waals surface area (Å²) < 4.78 is 6.44. The zero-order valence-electron chi connectivity index (χ0n) is 15.5. The van der Waals surface area contributed by atoms with Crippen LogP contribution in [0.15, 0.2) is 30.3 Å². The van der Waals surface area contributed by atoms with Gasteiger partial charge in [0.15, 0.2) is 0 Å². The van der Waals surface area contributed by atoms with E-state index >= 15 is 0 Å². The van der Waals surface area contributed by atoms with Gasteiger partial charge >= 0.3 is 5.97 Å². The highest BCUT2D eigenvalue weighted by Crippen LogP contribution is 2.26. The van der Waals surface area contributed by atoms with Crippen LogP contribution in [0.25, 0.3) is 10.1 Å². The Labute approximate surface area is 153 Å². The molecule has 0 N–H and O–H groups in total. The number of hydrogen-bond donors (Lipinski definition) is 0. The first-order chi connectivity index (χ1) is 11.7. The van der Waals surface area contributed by atoms with E-state index in [9.17, 15) is 9.59 Å². The number of fused-ring (bicyclic) bond motifs is 1. The molecule has 1 aromatic carbocycles. The molecule has 2 aromatic rings. The van der Waals surface area contributed by atoms with Crippen LogP contribution in [0.2, 0.25) is 0 Å². The lowest BCUT2D eigenvalue weighted by Crippen LogP contribution is -2.41. The van der Waals surface area contributed by atoms with Gasteiger partial charge in [-0.05, 0) is 52.4 Å². The molecule has 6 heteroatoms. The molecule has 0 aliphatic rings. The van der Waals surface area contributed by atoms with Gasteiger partial charge in [0.1, 0.15) is 12.1 Å². The molecule has 0 unspecified atom stereocenters.